The SMILES string of the molecule is CCCCCCc1nnc(CC[Se]c2ccccc2)o1. The molecule has 0 bridgehead atoms. The van der Waals surface area contributed by atoms with Crippen LogP contribution < -0.4 is 4.46 Å². The predicted molar refractivity (Wildman–Crippen MR) is 82.5 cm³/mol. The summed E-state index contributed by atoms with van der Waals surface area (Å²) in [6.07, 6.45) is 6.79. The third-order valence-electron chi connectivity index (χ3n) is 3.08. The molecule has 1 aromatic heterocycles. The van der Waals surface area contributed by atoms with Gasteiger partial charge in [0.15, 0.2) is 0 Å². The first-order chi connectivity index (χ1) is 9.88. The molecule has 0 N–H and O–H groups in total. The Morgan fingerprint density at radius 3 is 2.45 bits per heavy atom. The van der Waals surface area contributed by atoms with E-state index in [0.29, 0.717) is 15.0 Å². The monoisotopic (exact) mass is 338 g/mol. The van der Waals surface area contributed by atoms with Crippen LogP contribution in [0.5, 0.6) is 0 Å². The van der Waals surface area contributed by atoms with E-state index in [-0.39, 0.29) is 0 Å². The van der Waals surface area contributed by atoms with Crippen molar-refractivity contribution in [1.29, 1.82) is 0 Å². The van der Waals surface area contributed by atoms with Gasteiger partial charge in [0.2, 0.25) is 0 Å². The van der Waals surface area contributed by atoms with E-state index in [2.05, 4.69) is 47.5 Å². The summed E-state index contributed by atoms with van der Waals surface area (Å²) in [5.74, 6) is 1.61. The van der Waals surface area contributed by atoms with Gasteiger partial charge in [-0.05, 0) is 0 Å². The van der Waals surface area contributed by atoms with Crippen LogP contribution in [-0.4, -0.2) is 25.2 Å². The molecule has 0 saturated heterocycles. The second-order valence-electron chi connectivity index (χ2n) is 4.81. The van der Waals surface area contributed by atoms with Crippen molar-refractivity contribution in [2.75, 3.05) is 0 Å². The van der Waals surface area contributed by atoms with E-state index >= 15 is 0 Å². The first-order valence-electron chi connectivity index (χ1n) is 7.37. The van der Waals surface area contributed by atoms with Crippen molar-refractivity contribution in [2.24, 2.45) is 0 Å². The zero-order chi connectivity index (χ0) is 14.0. The van der Waals surface area contributed by atoms with Crippen molar-refractivity contribution >= 4 is 19.4 Å². The van der Waals surface area contributed by atoms with Gasteiger partial charge in [-0.3, -0.25) is 0 Å². The van der Waals surface area contributed by atoms with E-state index in [1.54, 1.807) is 0 Å². The van der Waals surface area contributed by atoms with Crippen LogP contribution in [0, 0.1) is 0 Å². The molecule has 0 saturated carbocycles. The van der Waals surface area contributed by atoms with E-state index in [4.69, 9.17) is 4.42 Å². The van der Waals surface area contributed by atoms with Gasteiger partial charge in [0.25, 0.3) is 0 Å². The Labute approximate surface area is 127 Å². The number of hydrogen-bond acceptors (Lipinski definition) is 3. The summed E-state index contributed by atoms with van der Waals surface area (Å²) in [5.41, 5.74) is 0. The first-order valence-corrected chi connectivity index (χ1v) is 9.44. The van der Waals surface area contributed by atoms with Crippen molar-refractivity contribution in [3.63, 3.8) is 0 Å². The Morgan fingerprint density at radius 1 is 0.950 bits per heavy atom. The van der Waals surface area contributed by atoms with Crippen molar-refractivity contribution in [3.8, 4) is 0 Å². The molecule has 0 aliphatic rings. The summed E-state index contributed by atoms with van der Waals surface area (Å²) in [6, 6.07) is 10.6. The molecule has 0 aliphatic carbocycles. The second kappa shape index (κ2) is 8.93. The maximum absolute atomic E-state index is 5.69. The Bertz CT molecular complexity index is 484. The Morgan fingerprint density at radius 2 is 1.70 bits per heavy atom. The summed E-state index contributed by atoms with van der Waals surface area (Å²) in [7, 11) is 0. The van der Waals surface area contributed by atoms with Crippen LogP contribution in [0.25, 0.3) is 0 Å². The minimum absolute atomic E-state index is 0.497. The molecular formula is C16H22N2OSe. The van der Waals surface area contributed by atoms with Crippen LogP contribution in [0.2, 0.25) is 5.32 Å². The molecule has 108 valence electrons. The molecule has 4 heteroatoms. The summed E-state index contributed by atoms with van der Waals surface area (Å²) in [6.45, 7) is 2.22. The molecule has 0 aliphatic heterocycles. The average Bonchev–Trinajstić information content (AvgIpc) is 2.93. The topological polar surface area (TPSA) is 38.9 Å². The van der Waals surface area contributed by atoms with Crippen LogP contribution in [-0.2, 0) is 12.8 Å². The van der Waals surface area contributed by atoms with Gasteiger partial charge in [0, 0.05) is 0 Å². The molecule has 1 aromatic carbocycles. The van der Waals surface area contributed by atoms with Gasteiger partial charge >= 0.3 is 127 Å². The second-order valence-corrected chi connectivity index (χ2v) is 7.26. The summed E-state index contributed by atoms with van der Waals surface area (Å²) in [5, 5.41) is 9.39. The van der Waals surface area contributed by atoms with Crippen molar-refractivity contribution < 1.29 is 4.42 Å². The standard InChI is InChI=1S/C16H22N2OSe/c1-2-3-4-8-11-15-17-18-16(19-15)12-13-20-14-9-6-5-7-10-14/h5-7,9-10H,2-4,8,11-13H2,1H3. The molecule has 0 amide bonds. The Balaban J connectivity index is 1.67. The molecule has 0 radical (unpaired) electrons. The van der Waals surface area contributed by atoms with Crippen LogP contribution in [0.3, 0.4) is 0 Å². The molecule has 0 fully saturated rings. The Kier molecular flexibility index (Phi) is 6.82. The maximum atomic E-state index is 5.69. The molecule has 0 atom stereocenters. The third kappa shape index (κ3) is 5.48. The third-order valence-corrected chi connectivity index (χ3v) is 5.21. The van der Waals surface area contributed by atoms with Gasteiger partial charge in [-0.15, -0.1) is 0 Å². The van der Waals surface area contributed by atoms with Crippen LogP contribution in [0.1, 0.15) is 44.4 Å². The molecule has 2 rings (SSSR count). The van der Waals surface area contributed by atoms with E-state index in [1.165, 1.54) is 23.7 Å². The molecule has 0 unspecified atom stereocenters. The number of nitrogens with zero attached hydrogens (tertiary/aromatic N) is 2. The number of rotatable bonds is 9. The van der Waals surface area contributed by atoms with Crippen molar-refractivity contribution in [3.05, 3.63) is 42.1 Å². The van der Waals surface area contributed by atoms with E-state index in [9.17, 15) is 0 Å². The molecule has 2 aromatic rings. The quantitative estimate of drug-likeness (QED) is 0.521. The summed E-state index contributed by atoms with van der Waals surface area (Å²) < 4.78 is 7.12. The number of benzene rings is 1. The van der Waals surface area contributed by atoms with Gasteiger partial charge in [-0.25, -0.2) is 0 Å². The number of hydrogen-bond donors (Lipinski definition) is 0. The van der Waals surface area contributed by atoms with Gasteiger partial charge in [-0.1, -0.05) is 0 Å². The van der Waals surface area contributed by atoms with Crippen LogP contribution in [0.4, 0.5) is 0 Å². The zero-order valence-electron chi connectivity index (χ0n) is 12.0. The fourth-order valence-corrected chi connectivity index (χ4v) is 3.77. The van der Waals surface area contributed by atoms with E-state index in [1.807, 2.05) is 0 Å². The minimum atomic E-state index is 0.497. The fraction of sp³-hybridized carbons (Fsp3) is 0.500. The fourth-order valence-electron chi connectivity index (χ4n) is 1.97. The van der Waals surface area contributed by atoms with Crippen molar-refractivity contribution in [2.45, 2.75) is 50.8 Å². The summed E-state index contributed by atoms with van der Waals surface area (Å²) >= 11 is 0.497. The van der Waals surface area contributed by atoms with E-state index < -0.39 is 0 Å². The van der Waals surface area contributed by atoms with Gasteiger partial charge in [-0.2, -0.15) is 0 Å². The number of aryl methyl sites for hydroxylation is 2. The molecular weight excluding hydrogens is 315 g/mol. The average molecular weight is 337 g/mol. The number of aromatic nitrogens is 2. The van der Waals surface area contributed by atoms with E-state index in [0.717, 1.165) is 36.4 Å². The molecule has 20 heavy (non-hydrogen) atoms. The van der Waals surface area contributed by atoms with Gasteiger partial charge < -0.3 is 0 Å². The predicted octanol–water partition coefficient (Wildman–Crippen LogP) is 3.18. The van der Waals surface area contributed by atoms with Crippen LogP contribution >= 0.6 is 0 Å². The number of unbranched alkanes of at least 4 members (excludes halogenated alkanes) is 3. The summed E-state index contributed by atoms with van der Waals surface area (Å²) in [4.78, 5) is 0. The van der Waals surface area contributed by atoms with Gasteiger partial charge in [0.1, 0.15) is 0 Å². The molecule has 0 spiro atoms. The van der Waals surface area contributed by atoms with Gasteiger partial charge in [0.05, 0.1) is 0 Å². The Hall–Kier alpha value is -1.12. The van der Waals surface area contributed by atoms with Crippen LogP contribution in [0.15, 0.2) is 34.7 Å². The zero-order valence-corrected chi connectivity index (χ0v) is 13.8. The molecule has 1 heterocycles. The normalized spacial score (nSPS) is 10.8. The first kappa shape index (κ1) is 15.3. The molecule has 3 nitrogen and oxygen atoms in total. The van der Waals surface area contributed by atoms with Crippen molar-refractivity contribution in [1.82, 2.24) is 10.2 Å².